The van der Waals surface area contributed by atoms with Gasteiger partial charge in [0.25, 0.3) is 5.91 Å². The molecule has 1 aliphatic heterocycles. The molecule has 3 rings (SSSR count). The molecule has 1 atom stereocenters. The van der Waals surface area contributed by atoms with Crippen molar-refractivity contribution in [1.82, 2.24) is 15.0 Å². The van der Waals surface area contributed by atoms with Gasteiger partial charge in [-0.3, -0.25) is 9.59 Å². The summed E-state index contributed by atoms with van der Waals surface area (Å²) in [6.07, 6.45) is 3.83. The zero-order chi connectivity index (χ0) is 15.7. The number of carbonyl (C=O) groups excluding carboxylic acids is 2. The lowest BCUT2D eigenvalue weighted by atomic mass is 9.96. The maximum Gasteiger partial charge on any atom is 0.277 e. The number of aryl methyl sites for hydroxylation is 1. The topological polar surface area (TPSA) is 66.7 Å². The van der Waals surface area contributed by atoms with Crippen LogP contribution in [0.5, 0.6) is 0 Å². The SMILES string of the molecule is CCN(C)C(=O)C1CSCN1C(=O)c1noc2c1CCCC2. The van der Waals surface area contributed by atoms with Crippen molar-refractivity contribution in [3.63, 3.8) is 0 Å². The first-order valence-corrected chi connectivity index (χ1v) is 8.90. The summed E-state index contributed by atoms with van der Waals surface area (Å²) in [5.41, 5.74) is 1.36. The molecule has 2 aliphatic rings. The average molecular weight is 323 g/mol. The molecule has 0 spiro atoms. The molecule has 7 heteroatoms. The fourth-order valence-corrected chi connectivity index (χ4v) is 4.09. The number of amides is 2. The van der Waals surface area contributed by atoms with Gasteiger partial charge >= 0.3 is 0 Å². The van der Waals surface area contributed by atoms with E-state index in [9.17, 15) is 9.59 Å². The third kappa shape index (κ3) is 2.62. The first kappa shape index (κ1) is 15.4. The van der Waals surface area contributed by atoms with Gasteiger partial charge in [-0.15, -0.1) is 11.8 Å². The molecule has 1 aromatic rings. The Morgan fingerprint density at radius 1 is 1.41 bits per heavy atom. The second-order valence-electron chi connectivity index (χ2n) is 5.78. The summed E-state index contributed by atoms with van der Waals surface area (Å²) in [4.78, 5) is 28.6. The van der Waals surface area contributed by atoms with Crippen molar-refractivity contribution in [2.75, 3.05) is 25.2 Å². The predicted molar refractivity (Wildman–Crippen MR) is 83.7 cm³/mol. The highest BCUT2D eigenvalue weighted by Gasteiger charge is 2.38. The maximum absolute atomic E-state index is 12.8. The van der Waals surface area contributed by atoms with Gasteiger partial charge in [0.15, 0.2) is 5.69 Å². The molecule has 1 saturated heterocycles. The second-order valence-corrected chi connectivity index (χ2v) is 6.78. The van der Waals surface area contributed by atoms with Crippen molar-refractivity contribution in [2.24, 2.45) is 0 Å². The molecule has 2 heterocycles. The average Bonchev–Trinajstić information content (AvgIpc) is 3.19. The summed E-state index contributed by atoms with van der Waals surface area (Å²) in [6.45, 7) is 2.57. The first-order valence-electron chi connectivity index (χ1n) is 7.74. The van der Waals surface area contributed by atoms with E-state index in [1.165, 1.54) is 0 Å². The van der Waals surface area contributed by atoms with Gasteiger partial charge in [-0.25, -0.2) is 0 Å². The van der Waals surface area contributed by atoms with Gasteiger partial charge in [0.1, 0.15) is 11.8 Å². The minimum absolute atomic E-state index is 0.00166. The third-order valence-electron chi connectivity index (χ3n) is 4.43. The molecule has 0 aromatic carbocycles. The Morgan fingerprint density at radius 2 is 2.18 bits per heavy atom. The molecule has 0 N–H and O–H groups in total. The van der Waals surface area contributed by atoms with Crippen molar-refractivity contribution in [3.8, 4) is 0 Å². The molecule has 1 fully saturated rings. The van der Waals surface area contributed by atoms with Crippen molar-refractivity contribution in [3.05, 3.63) is 17.0 Å². The molecular weight excluding hydrogens is 302 g/mol. The lowest BCUT2D eigenvalue weighted by Gasteiger charge is -2.26. The highest BCUT2D eigenvalue weighted by Crippen LogP contribution is 2.29. The van der Waals surface area contributed by atoms with Crippen molar-refractivity contribution in [2.45, 2.75) is 38.6 Å². The quantitative estimate of drug-likeness (QED) is 0.844. The van der Waals surface area contributed by atoms with E-state index in [0.29, 0.717) is 23.9 Å². The summed E-state index contributed by atoms with van der Waals surface area (Å²) >= 11 is 1.61. The molecule has 22 heavy (non-hydrogen) atoms. The monoisotopic (exact) mass is 323 g/mol. The Balaban J connectivity index is 1.82. The Morgan fingerprint density at radius 3 is 2.95 bits per heavy atom. The molecule has 1 unspecified atom stereocenters. The molecule has 2 amide bonds. The van der Waals surface area contributed by atoms with Gasteiger partial charge in [0.2, 0.25) is 5.91 Å². The van der Waals surface area contributed by atoms with E-state index in [4.69, 9.17) is 4.52 Å². The van der Waals surface area contributed by atoms with Crippen LogP contribution in [0.25, 0.3) is 0 Å². The van der Waals surface area contributed by atoms with Crippen molar-refractivity contribution < 1.29 is 14.1 Å². The van der Waals surface area contributed by atoms with Crippen LogP contribution in [0.15, 0.2) is 4.52 Å². The van der Waals surface area contributed by atoms with Crippen LogP contribution in [-0.2, 0) is 17.6 Å². The lowest BCUT2D eigenvalue weighted by molar-refractivity contribution is -0.133. The van der Waals surface area contributed by atoms with E-state index < -0.39 is 6.04 Å². The fourth-order valence-electron chi connectivity index (χ4n) is 2.95. The molecule has 6 nitrogen and oxygen atoms in total. The normalized spacial score (nSPS) is 20.8. The van der Waals surface area contributed by atoms with E-state index in [1.54, 1.807) is 28.6 Å². The van der Waals surface area contributed by atoms with Crippen LogP contribution in [0.2, 0.25) is 0 Å². The predicted octanol–water partition coefficient (Wildman–Crippen LogP) is 1.55. The number of nitrogens with zero attached hydrogens (tertiary/aromatic N) is 3. The molecule has 0 radical (unpaired) electrons. The zero-order valence-electron chi connectivity index (χ0n) is 13.0. The largest absolute Gasteiger partial charge is 0.360 e. The smallest absolute Gasteiger partial charge is 0.277 e. The molecule has 0 bridgehead atoms. The van der Waals surface area contributed by atoms with E-state index in [1.807, 2.05) is 6.92 Å². The minimum atomic E-state index is -0.390. The van der Waals surface area contributed by atoms with Crippen LogP contribution in [-0.4, -0.2) is 58.0 Å². The van der Waals surface area contributed by atoms with Gasteiger partial charge in [-0.2, -0.15) is 0 Å². The molecule has 1 aliphatic carbocycles. The number of rotatable bonds is 3. The Hall–Kier alpha value is -1.50. The summed E-state index contributed by atoms with van der Waals surface area (Å²) in [7, 11) is 1.77. The molecule has 1 aromatic heterocycles. The third-order valence-corrected chi connectivity index (χ3v) is 5.44. The van der Waals surface area contributed by atoms with E-state index >= 15 is 0 Å². The maximum atomic E-state index is 12.8. The number of hydrogen-bond acceptors (Lipinski definition) is 5. The van der Waals surface area contributed by atoms with Crippen molar-refractivity contribution >= 4 is 23.6 Å². The van der Waals surface area contributed by atoms with Crippen LogP contribution in [0.3, 0.4) is 0 Å². The van der Waals surface area contributed by atoms with Crippen LogP contribution in [0, 0.1) is 0 Å². The number of carbonyl (C=O) groups is 2. The molecular formula is C15H21N3O3S. The van der Waals surface area contributed by atoms with Crippen molar-refractivity contribution in [1.29, 1.82) is 0 Å². The van der Waals surface area contributed by atoms with Crippen LogP contribution < -0.4 is 0 Å². The lowest BCUT2D eigenvalue weighted by Crippen LogP contribution is -2.48. The Kier molecular flexibility index (Phi) is 4.42. The number of hydrogen-bond donors (Lipinski definition) is 0. The highest BCUT2D eigenvalue weighted by molar-refractivity contribution is 7.99. The second kappa shape index (κ2) is 6.32. The fraction of sp³-hybridized carbons (Fsp3) is 0.667. The summed E-state index contributed by atoms with van der Waals surface area (Å²) < 4.78 is 5.33. The minimum Gasteiger partial charge on any atom is -0.360 e. The van der Waals surface area contributed by atoms with E-state index in [0.717, 1.165) is 37.0 Å². The summed E-state index contributed by atoms with van der Waals surface area (Å²) in [5, 5.41) is 4.00. The van der Waals surface area contributed by atoms with E-state index in [-0.39, 0.29) is 11.8 Å². The van der Waals surface area contributed by atoms with Crippen LogP contribution >= 0.6 is 11.8 Å². The number of thioether (sulfide) groups is 1. The summed E-state index contributed by atoms with van der Waals surface area (Å²) in [6, 6.07) is -0.390. The van der Waals surface area contributed by atoms with Gasteiger partial charge in [-0.05, 0) is 26.2 Å². The summed E-state index contributed by atoms with van der Waals surface area (Å²) in [5.74, 6) is 1.86. The zero-order valence-corrected chi connectivity index (χ0v) is 13.8. The number of aromatic nitrogens is 1. The Bertz CT molecular complexity index is 587. The number of likely N-dealkylation sites (N-methyl/N-ethyl adjacent to an activating group) is 1. The van der Waals surface area contributed by atoms with E-state index in [2.05, 4.69) is 5.16 Å². The van der Waals surface area contributed by atoms with Gasteiger partial charge in [-0.1, -0.05) is 5.16 Å². The molecule has 0 saturated carbocycles. The number of fused-ring (bicyclic) bond motifs is 1. The molecule has 120 valence electrons. The van der Waals surface area contributed by atoms with Crippen LogP contribution in [0.4, 0.5) is 0 Å². The van der Waals surface area contributed by atoms with Gasteiger partial charge < -0.3 is 14.3 Å². The highest BCUT2D eigenvalue weighted by atomic mass is 32.2. The standard InChI is InChI=1S/C15H21N3O3S/c1-3-17(2)14(19)11-8-22-9-18(11)15(20)13-10-6-4-5-7-12(10)21-16-13/h11H,3-9H2,1-2H3. The van der Waals surface area contributed by atoms with Gasteiger partial charge in [0.05, 0.1) is 5.88 Å². The Labute approximate surface area is 134 Å². The van der Waals surface area contributed by atoms with Crippen LogP contribution in [0.1, 0.15) is 41.6 Å². The first-order chi connectivity index (χ1) is 10.6. The van der Waals surface area contributed by atoms with Gasteiger partial charge in [0, 0.05) is 31.3 Å².